The van der Waals surface area contributed by atoms with Gasteiger partial charge in [0.25, 0.3) is 10.0 Å². The molecule has 0 amide bonds. The van der Waals surface area contributed by atoms with Gasteiger partial charge in [-0.25, -0.2) is 17.8 Å². The van der Waals surface area contributed by atoms with Gasteiger partial charge in [-0.05, 0) is 46.3 Å². The van der Waals surface area contributed by atoms with E-state index in [1.165, 1.54) is 18.3 Å². The number of nitrogens with one attached hydrogen (secondary N) is 1. The molecule has 2 aromatic rings. The number of hydrogen-bond acceptors (Lipinski definition) is 4. The zero-order valence-electron chi connectivity index (χ0n) is 9.47. The molecule has 8 heteroatoms. The van der Waals surface area contributed by atoms with Crippen LogP contribution in [-0.2, 0) is 10.0 Å². The number of pyridine rings is 1. The summed E-state index contributed by atoms with van der Waals surface area (Å²) in [5.41, 5.74) is 5.61. The van der Waals surface area contributed by atoms with Gasteiger partial charge in [0, 0.05) is 16.4 Å². The van der Waals surface area contributed by atoms with Crippen molar-refractivity contribution in [3.8, 4) is 0 Å². The van der Waals surface area contributed by atoms with Crippen LogP contribution < -0.4 is 10.5 Å². The van der Waals surface area contributed by atoms with Crippen LogP contribution in [0.1, 0.15) is 0 Å². The molecule has 1 aromatic carbocycles. The molecule has 0 unspecified atom stereocenters. The highest BCUT2D eigenvalue weighted by atomic mass is 79.9. The van der Waals surface area contributed by atoms with Crippen LogP contribution >= 0.6 is 15.9 Å². The number of nitrogens with zero attached hydrogens (tertiary/aromatic N) is 1. The van der Waals surface area contributed by atoms with Crippen molar-refractivity contribution in [3.05, 3.63) is 46.8 Å². The Balaban J connectivity index is 2.37. The average molecular weight is 346 g/mol. The Bertz CT molecular complexity index is 704. The van der Waals surface area contributed by atoms with Crippen molar-refractivity contribution in [1.82, 2.24) is 4.98 Å². The molecule has 1 aromatic heterocycles. The molecule has 0 aliphatic carbocycles. The first-order valence-electron chi connectivity index (χ1n) is 5.08. The van der Waals surface area contributed by atoms with E-state index in [2.05, 4.69) is 25.6 Å². The lowest BCUT2D eigenvalue weighted by molar-refractivity contribution is 0.570. The van der Waals surface area contributed by atoms with Crippen molar-refractivity contribution in [2.24, 2.45) is 0 Å². The van der Waals surface area contributed by atoms with Crippen LogP contribution in [0.25, 0.3) is 0 Å². The molecular weight excluding hydrogens is 337 g/mol. The normalized spacial score (nSPS) is 11.3. The summed E-state index contributed by atoms with van der Waals surface area (Å²) in [5, 5.41) is 0. The van der Waals surface area contributed by atoms with Gasteiger partial charge in [0.2, 0.25) is 0 Å². The van der Waals surface area contributed by atoms with Gasteiger partial charge >= 0.3 is 0 Å². The van der Waals surface area contributed by atoms with Gasteiger partial charge in [0.05, 0.1) is 0 Å². The fraction of sp³-hybridized carbons (Fsp3) is 0. The molecule has 19 heavy (non-hydrogen) atoms. The molecule has 100 valence electrons. The Morgan fingerprint density at radius 2 is 2.00 bits per heavy atom. The molecule has 0 fully saturated rings. The number of nitrogens with two attached hydrogens (primary N) is 1. The fourth-order valence-corrected chi connectivity index (χ4v) is 2.71. The summed E-state index contributed by atoms with van der Waals surface area (Å²) in [6.07, 6.45) is 1.42. The SMILES string of the molecule is Nc1ccc(F)c(S(=O)(=O)Nc2ccc(Br)cn2)c1. The lowest BCUT2D eigenvalue weighted by Gasteiger charge is -2.08. The number of hydrogen-bond donors (Lipinski definition) is 2. The predicted octanol–water partition coefficient (Wildman–Crippen LogP) is 2.37. The lowest BCUT2D eigenvalue weighted by atomic mass is 10.3. The predicted molar refractivity (Wildman–Crippen MR) is 73.6 cm³/mol. The summed E-state index contributed by atoms with van der Waals surface area (Å²) in [7, 11) is -4.06. The molecule has 0 radical (unpaired) electrons. The van der Waals surface area contributed by atoms with E-state index in [-0.39, 0.29) is 11.5 Å². The van der Waals surface area contributed by atoms with Gasteiger partial charge in [0.15, 0.2) is 0 Å². The maximum Gasteiger partial charge on any atom is 0.266 e. The average Bonchev–Trinajstić information content (AvgIpc) is 2.35. The molecule has 0 saturated heterocycles. The molecule has 0 saturated carbocycles. The van der Waals surface area contributed by atoms with E-state index in [9.17, 15) is 12.8 Å². The standard InChI is InChI=1S/C11H9BrFN3O2S/c12-7-1-4-11(15-6-7)16-19(17,18)10-5-8(14)2-3-9(10)13/h1-6H,14H2,(H,15,16). The van der Waals surface area contributed by atoms with Crippen LogP contribution in [0, 0.1) is 5.82 Å². The first-order valence-corrected chi connectivity index (χ1v) is 7.35. The first-order chi connectivity index (χ1) is 8.88. The fourth-order valence-electron chi connectivity index (χ4n) is 1.35. The van der Waals surface area contributed by atoms with E-state index >= 15 is 0 Å². The van der Waals surface area contributed by atoms with Crippen LogP contribution in [0.2, 0.25) is 0 Å². The van der Waals surface area contributed by atoms with Crippen LogP contribution in [0.15, 0.2) is 45.9 Å². The second-order valence-electron chi connectivity index (χ2n) is 3.66. The van der Waals surface area contributed by atoms with Gasteiger partial charge in [-0.1, -0.05) is 0 Å². The molecule has 1 heterocycles. The van der Waals surface area contributed by atoms with Crippen LogP contribution in [0.5, 0.6) is 0 Å². The maximum absolute atomic E-state index is 13.5. The number of benzene rings is 1. The number of sulfonamides is 1. The van der Waals surface area contributed by atoms with Crippen molar-refractivity contribution >= 4 is 37.5 Å². The molecule has 0 atom stereocenters. The summed E-state index contributed by atoms with van der Waals surface area (Å²) >= 11 is 3.17. The highest BCUT2D eigenvalue weighted by molar-refractivity contribution is 9.10. The summed E-state index contributed by atoms with van der Waals surface area (Å²) in [6.45, 7) is 0. The third-order valence-electron chi connectivity index (χ3n) is 2.21. The van der Waals surface area contributed by atoms with Gasteiger partial charge < -0.3 is 5.73 Å². The zero-order valence-corrected chi connectivity index (χ0v) is 11.9. The Hall–Kier alpha value is -1.67. The monoisotopic (exact) mass is 345 g/mol. The zero-order chi connectivity index (χ0) is 14.0. The first kappa shape index (κ1) is 13.8. The van der Waals surface area contributed by atoms with E-state index < -0.39 is 20.7 Å². The van der Waals surface area contributed by atoms with E-state index in [0.29, 0.717) is 4.47 Å². The Kier molecular flexibility index (Phi) is 3.72. The minimum Gasteiger partial charge on any atom is -0.399 e. The summed E-state index contributed by atoms with van der Waals surface area (Å²) in [4.78, 5) is 3.33. The molecular formula is C11H9BrFN3O2S. The quantitative estimate of drug-likeness (QED) is 0.836. The van der Waals surface area contributed by atoms with Gasteiger partial charge in [-0.15, -0.1) is 0 Å². The minimum atomic E-state index is -4.06. The van der Waals surface area contributed by atoms with Crippen LogP contribution in [0.4, 0.5) is 15.9 Å². The Morgan fingerprint density at radius 1 is 1.26 bits per heavy atom. The lowest BCUT2D eigenvalue weighted by Crippen LogP contribution is -2.15. The second kappa shape index (κ2) is 5.14. The summed E-state index contributed by atoms with van der Waals surface area (Å²) in [6, 6.07) is 6.40. The smallest absolute Gasteiger partial charge is 0.266 e. The number of halogens is 2. The van der Waals surface area contributed by atoms with E-state index in [1.807, 2.05) is 0 Å². The Morgan fingerprint density at radius 3 is 2.63 bits per heavy atom. The minimum absolute atomic E-state index is 0.0880. The number of nitrogen functional groups attached to an aromatic ring is 1. The van der Waals surface area contributed by atoms with E-state index in [0.717, 1.165) is 12.1 Å². The molecule has 0 bridgehead atoms. The molecule has 0 aliphatic heterocycles. The highest BCUT2D eigenvalue weighted by Crippen LogP contribution is 2.20. The van der Waals surface area contributed by atoms with E-state index in [1.54, 1.807) is 6.07 Å². The van der Waals surface area contributed by atoms with Crippen molar-refractivity contribution in [2.45, 2.75) is 4.90 Å². The molecule has 3 N–H and O–H groups in total. The third kappa shape index (κ3) is 3.21. The number of anilines is 2. The Labute approximate surface area is 117 Å². The maximum atomic E-state index is 13.5. The van der Waals surface area contributed by atoms with Gasteiger partial charge in [-0.3, -0.25) is 4.72 Å². The largest absolute Gasteiger partial charge is 0.399 e. The van der Waals surface area contributed by atoms with Crippen molar-refractivity contribution in [2.75, 3.05) is 10.5 Å². The molecule has 5 nitrogen and oxygen atoms in total. The molecule has 2 rings (SSSR count). The van der Waals surface area contributed by atoms with Crippen molar-refractivity contribution in [3.63, 3.8) is 0 Å². The topological polar surface area (TPSA) is 85.1 Å². The molecule has 0 spiro atoms. The summed E-state index contributed by atoms with van der Waals surface area (Å²) in [5.74, 6) is -0.788. The highest BCUT2D eigenvalue weighted by Gasteiger charge is 2.19. The van der Waals surface area contributed by atoms with E-state index in [4.69, 9.17) is 5.73 Å². The number of rotatable bonds is 3. The van der Waals surface area contributed by atoms with Crippen LogP contribution in [0.3, 0.4) is 0 Å². The summed E-state index contributed by atoms with van der Waals surface area (Å²) < 4.78 is 40.4. The van der Waals surface area contributed by atoms with Crippen molar-refractivity contribution < 1.29 is 12.8 Å². The third-order valence-corrected chi connectivity index (χ3v) is 4.05. The molecule has 0 aliphatic rings. The van der Waals surface area contributed by atoms with Crippen LogP contribution in [-0.4, -0.2) is 13.4 Å². The van der Waals surface area contributed by atoms with Gasteiger partial charge in [-0.2, -0.15) is 0 Å². The second-order valence-corrected chi connectivity index (χ2v) is 6.22. The van der Waals surface area contributed by atoms with Gasteiger partial charge in [0.1, 0.15) is 16.5 Å². The number of aromatic nitrogens is 1. The van der Waals surface area contributed by atoms with Crippen molar-refractivity contribution in [1.29, 1.82) is 0 Å².